The van der Waals surface area contributed by atoms with Crippen molar-refractivity contribution in [1.29, 1.82) is 0 Å². The lowest BCUT2D eigenvalue weighted by Gasteiger charge is -2.16. The fourth-order valence-corrected chi connectivity index (χ4v) is 5.97. The summed E-state index contributed by atoms with van der Waals surface area (Å²) in [6.45, 7) is 1.09. The summed E-state index contributed by atoms with van der Waals surface area (Å²) in [6.07, 6.45) is 3.36. The number of carboxylic acid groups (broad SMARTS) is 1. The molecule has 1 N–H and O–H groups in total. The monoisotopic (exact) mass is 301 g/mol. The zero-order chi connectivity index (χ0) is 13.6. The zero-order valence-electron chi connectivity index (χ0n) is 10.3. The van der Waals surface area contributed by atoms with Gasteiger partial charge in [-0.15, -0.1) is 11.3 Å². The molecule has 1 aliphatic carbocycles. The molecule has 2 unspecified atom stereocenters. The second-order valence-electron chi connectivity index (χ2n) is 5.19. The van der Waals surface area contributed by atoms with E-state index in [1.54, 1.807) is 0 Å². The smallest absolute Gasteiger partial charge is 0.347 e. The molecule has 3 rings (SSSR count). The van der Waals surface area contributed by atoms with Gasteiger partial charge in [0.2, 0.25) is 10.0 Å². The van der Waals surface area contributed by atoms with Crippen molar-refractivity contribution in [3.63, 3.8) is 0 Å². The number of hydrogen-bond donors (Lipinski definition) is 1. The fourth-order valence-electron chi connectivity index (χ4n) is 3.18. The van der Waals surface area contributed by atoms with Crippen LogP contribution < -0.4 is 0 Å². The van der Waals surface area contributed by atoms with Crippen molar-refractivity contribution >= 4 is 27.3 Å². The molecule has 1 saturated heterocycles. The highest BCUT2D eigenvalue weighted by Crippen LogP contribution is 2.40. The third-order valence-electron chi connectivity index (χ3n) is 4.13. The van der Waals surface area contributed by atoms with Crippen molar-refractivity contribution in [3.05, 3.63) is 16.3 Å². The average Bonchev–Trinajstić information content (AvgIpc) is 3.03. The summed E-state index contributed by atoms with van der Waals surface area (Å²) in [4.78, 5) is 10.9. The Bertz CT molecular complexity index is 595. The topological polar surface area (TPSA) is 74.7 Å². The van der Waals surface area contributed by atoms with Crippen LogP contribution in [0.2, 0.25) is 0 Å². The summed E-state index contributed by atoms with van der Waals surface area (Å²) in [7, 11) is -3.65. The second kappa shape index (κ2) is 4.57. The normalized spacial score (nSPS) is 27.6. The first-order chi connectivity index (χ1) is 9.00. The van der Waals surface area contributed by atoms with Gasteiger partial charge in [-0.1, -0.05) is 6.42 Å². The van der Waals surface area contributed by atoms with Gasteiger partial charge in [0.15, 0.2) is 0 Å². The maximum atomic E-state index is 12.5. The van der Waals surface area contributed by atoms with Gasteiger partial charge in [-0.3, -0.25) is 0 Å². The zero-order valence-corrected chi connectivity index (χ0v) is 11.9. The van der Waals surface area contributed by atoms with Crippen LogP contribution in [0.25, 0.3) is 0 Å². The third-order valence-corrected chi connectivity index (χ3v) is 7.04. The van der Waals surface area contributed by atoms with Crippen molar-refractivity contribution in [2.45, 2.75) is 24.2 Å². The van der Waals surface area contributed by atoms with Gasteiger partial charge >= 0.3 is 5.97 Å². The number of carboxylic acids is 1. The lowest BCUT2D eigenvalue weighted by atomic mass is 10.0. The van der Waals surface area contributed by atoms with E-state index in [0.29, 0.717) is 24.9 Å². The van der Waals surface area contributed by atoms with E-state index in [-0.39, 0.29) is 9.77 Å². The molecule has 0 radical (unpaired) electrons. The van der Waals surface area contributed by atoms with Crippen LogP contribution in [-0.4, -0.2) is 36.9 Å². The van der Waals surface area contributed by atoms with Crippen molar-refractivity contribution in [1.82, 2.24) is 4.31 Å². The molecule has 104 valence electrons. The maximum absolute atomic E-state index is 12.5. The van der Waals surface area contributed by atoms with E-state index in [2.05, 4.69) is 0 Å². The van der Waals surface area contributed by atoms with E-state index in [1.807, 2.05) is 0 Å². The van der Waals surface area contributed by atoms with Gasteiger partial charge in [0.25, 0.3) is 0 Å². The number of rotatable bonds is 3. The maximum Gasteiger partial charge on any atom is 0.347 e. The Labute approximate surface area is 115 Å². The Morgan fingerprint density at radius 1 is 1.32 bits per heavy atom. The number of aromatic carboxylic acids is 1. The molecule has 0 spiro atoms. The molecule has 1 aliphatic heterocycles. The SMILES string of the molecule is O=C(O)c1sccc1S(=O)(=O)N1CC2CCCC2C1. The van der Waals surface area contributed by atoms with E-state index in [0.717, 1.165) is 24.2 Å². The van der Waals surface area contributed by atoms with E-state index in [4.69, 9.17) is 5.11 Å². The van der Waals surface area contributed by atoms with Crippen molar-refractivity contribution in [2.24, 2.45) is 11.8 Å². The van der Waals surface area contributed by atoms with Gasteiger partial charge in [-0.05, 0) is 36.1 Å². The lowest BCUT2D eigenvalue weighted by molar-refractivity contribution is 0.0698. The second-order valence-corrected chi connectivity index (χ2v) is 8.01. The predicted octanol–water partition coefficient (Wildman–Crippen LogP) is 1.87. The highest BCUT2D eigenvalue weighted by atomic mass is 32.2. The number of nitrogens with zero attached hydrogens (tertiary/aromatic N) is 1. The molecule has 0 bridgehead atoms. The lowest BCUT2D eigenvalue weighted by Crippen LogP contribution is -2.30. The summed E-state index contributed by atoms with van der Waals surface area (Å²) in [5.41, 5.74) is 0. The van der Waals surface area contributed by atoms with Gasteiger partial charge in [-0.25, -0.2) is 13.2 Å². The Balaban J connectivity index is 1.91. The van der Waals surface area contributed by atoms with Crippen LogP contribution in [0, 0.1) is 11.8 Å². The Morgan fingerprint density at radius 2 is 1.95 bits per heavy atom. The number of carbonyl (C=O) groups is 1. The van der Waals surface area contributed by atoms with Crippen molar-refractivity contribution in [3.8, 4) is 0 Å². The first-order valence-corrected chi connectivity index (χ1v) is 8.63. The van der Waals surface area contributed by atoms with Crippen LogP contribution in [-0.2, 0) is 10.0 Å². The van der Waals surface area contributed by atoms with E-state index in [9.17, 15) is 13.2 Å². The molecule has 1 saturated carbocycles. The molecule has 2 aliphatic rings. The first kappa shape index (κ1) is 13.1. The summed E-state index contributed by atoms with van der Waals surface area (Å²) in [6, 6.07) is 1.40. The van der Waals surface area contributed by atoms with E-state index in [1.165, 1.54) is 22.2 Å². The minimum atomic E-state index is -3.65. The van der Waals surface area contributed by atoms with Gasteiger partial charge in [0.1, 0.15) is 9.77 Å². The molecule has 1 aromatic heterocycles. The molecular weight excluding hydrogens is 286 g/mol. The summed E-state index contributed by atoms with van der Waals surface area (Å²) < 4.78 is 26.5. The van der Waals surface area contributed by atoms with Crippen molar-refractivity contribution in [2.75, 3.05) is 13.1 Å². The molecule has 2 atom stereocenters. The summed E-state index contributed by atoms with van der Waals surface area (Å²) >= 11 is 0.959. The van der Waals surface area contributed by atoms with Crippen molar-refractivity contribution < 1.29 is 18.3 Å². The number of fused-ring (bicyclic) bond motifs is 1. The van der Waals surface area contributed by atoms with E-state index >= 15 is 0 Å². The molecule has 2 heterocycles. The third kappa shape index (κ3) is 2.09. The number of thiophene rings is 1. The van der Waals surface area contributed by atoms with Crippen LogP contribution in [0.1, 0.15) is 28.9 Å². The number of sulfonamides is 1. The predicted molar refractivity (Wildman–Crippen MR) is 70.9 cm³/mol. The highest BCUT2D eigenvalue weighted by molar-refractivity contribution is 7.89. The molecule has 5 nitrogen and oxygen atoms in total. The van der Waals surface area contributed by atoms with Gasteiger partial charge in [0, 0.05) is 13.1 Å². The molecule has 1 aromatic rings. The van der Waals surface area contributed by atoms with Gasteiger partial charge < -0.3 is 5.11 Å². The first-order valence-electron chi connectivity index (χ1n) is 6.31. The molecule has 19 heavy (non-hydrogen) atoms. The number of hydrogen-bond acceptors (Lipinski definition) is 4. The molecule has 2 fully saturated rings. The van der Waals surface area contributed by atoms with Crippen LogP contribution in [0.5, 0.6) is 0 Å². The standard InChI is InChI=1S/C12H15NO4S2/c14-12(15)11-10(4-5-18-11)19(16,17)13-6-8-2-1-3-9(8)7-13/h4-5,8-9H,1-3,6-7H2,(H,14,15). The molecule has 7 heteroatoms. The Hall–Kier alpha value is -0.920. The van der Waals surface area contributed by atoms with Crippen LogP contribution in [0.4, 0.5) is 0 Å². The fraction of sp³-hybridized carbons (Fsp3) is 0.583. The highest BCUT2D eigenvalue weighted by Gasteiger charge is 2.42. The van der Waals surface area contributed by atoms with E-state index < -0.39 is 16.0 Å². The molecule has 0 aromatic carbocycles. The van der Waals surface area contributed by atoms with Gasteiger partial charge in [-0.2, -0.15) is 4.31 Å². The minimum absolute atomic E-state index is 0.0510. The average molecular weight is 301 g/mol. The quantitative estimate of drug-likeness (QED) is 0.925. The molecule has 0 amide bonds. The van der Waals surface area contributed by atoms with Crippen LogP contribution >= 0.6 is 11.3 Å². The molecular formula is C12H15NO4S2. The van der Waals surface area contributed by atoms with Crippen LogP contribution in [0.3, 0.4) is 0 Å². The summed E-state index contributed by atoms with van der Waals surface area (Å²) in [5.74, 6) is -0.253. The van der Waals surface area contributed by atoms with Gasteiger partial charge in [0.05, 0.1) is 0 Å². The van der Waals surface area contributed by atoms with Crippen LogP contribution in [0.15, 0.2) is 16.3 Å². The summed E-state index contributed by atoms with van der Waals surface area (Å²) in [5, 5.41) is 10.6. The minimum Gasteiger partial charge on any atom is -0.477 e. The largest absolute Gasteiger partial charge is 0.477 e. The Kier molecular flexibility index (Phi) is 3.15. The Morgan fingerprint density at radius 3 is 2.53 bits per heavy atom.